The zero-order valence-corrected chi connectivity index (χ0v) is 26.3. The number of nitrogens with one attached hydrogen (secondary N) is 3. The summed E-state index contributed by atoms with van der Waals surface area (Å²) in [5.41, 5.74) is 3.74. The molecule has 0 spiro atoms. The molecule has 10 heteroatoms. The number of ether oxygens (including phenoxy) is 3. The molecule has 4 N–H and O–H groups in total. The van der Waals surface area contributed by atoms with E-state index >= 15 is 0 Å². The van der Waals surface area contributed by atoms with Gasteiger partial charge in [-0.05, 0) is 87.2 Å². The largest absolute Gasteiger partial charge is 0.490 e. The lowest BCUT2D eigenvalue weighted by atomic mass is 10.1. The molecule has 242 valence electrons. The number of likely N-dealkylation sites (tertiary alicyclic amines) is 1. The summed E-state index contributed by atoms with van der Waals surface area (Å²) in [7, 11) is 1.46. The van der Waals surface area contributed by atoms with Gasteiger partial charge in [0.05, 0.1) is 19.6 Å². The second-order valence-electron chi connectivity index (χ2n) is 11.3. The molecular formula is C35H46N4O6. The summed E-state index contributed by atoms with van der Waals surface area (Å²) in [5.74, 6) is 0.975. The Labute approximate surface area is 266 Å². The van der Waals surface area contributed by atoms with Crippen molar-refractivity contribution in [1.29, 1.82) is 0 Å². The highest BCUT2D eigenvalue weighted by atomic mass is 16.6. The van der Waals surface area contributed by atoms with Gasteiger partial charge < -0.3 is 40.2 Å². The average molecular weight is 619 g/mol. The second kappa shape index (κ2) is 18.0. The zero-order valence-electron chi connectivity index (χ0n) is 26.3. The summed E-state index contributed by atoms with van der Waals surface area (Å²) in [5, 5.41) is 18.3. The fourth-order valence-electron chi connectivity index (χ4n) is 5.12. The van der Waals surface area contributed by atoms with Crippen molar-refractivity contribution in [2.45, 2.75) is 58.2 Å². The van der Waals surface area contributed by atoms with E-state index in [4.69, 9.17) is 14.2 Å². The predicted molar refractivity (Wildman–Crippen MR) is 177 cm³/mol. The number of anilines is 3. The number of hydrogen-bond donors (Lipinski definition) is 4. The van der Waals surface area contributed by atoms with Gasteiger partial charge in [-0.2, -0.15) is 0 Å². The van der Waals surface area contributed by atoms with Gasteiger partial charge in [-0.3, -0.25) is 4.79 Å². The molecule has 45 heavy (non-hydrogen) atoms. The summed E-state index contributed by atoms with van der Waals surface area (Å²) < 4.78 is 17.0. The molecule has 3 amide bonds. The molecule has 0 aliphatic carbocycles. The first-order valence-electron chi connectivity index (χ1n) is 15.7. The highest BCUT2D eigenvalue weighted by molar-refractivity contribution is 6.00. The third-order valence-corrected chi connectivity index (χ3v) is 7.65. The number of urea groups is 1. The van der Waals surface area contributed by atoms with E-state index in [0.29, 0.717) is 48.9 Å². The lowest BCUT2D eigenvalue weighted by molar-refractivity contribution is -0.115. The van der Waals surface area contributed by atoms with Crippen molar-refractivity contribution >= 4 is 29.0 Å². The van der Waals surface area contributed by atoms with Gasteiger partial charge in [-0.25, -0.2) is 4.79 Å². The van der Waals surface area contributed by atoms with Crippen LogP contribution in [0.15, 0.2) is 66.7 Å². The third kappa shape index (κ3) is 11.7. The Morgan fingerprint density at radius 2 is 1.56 bits per heavy atom. The Kier molecular flexibility index (Phi) is 13.5. The number of aryl methyl sites for hydroxylation is 1. The van der Waals surface area contributed by atoms with Crippen LogP contribution in [0, 0.1) is 6.92 Å². The molecule has 3 aromatic rings. The smallest absolute Gasteiger partial charge is 0.323 e. The molecule has 0 aromatic heterocycles. The molecule has 1 unspecified atom stereocenters. The van der Waals surface area contributed by atoms with E-state index in [9.17, 15) is 14.7 Å². The molecule has 0 radical (unpaired) electrons. The van der Waals surface area contributed by atoms with Gasteiger partial charge in [0.15, 0.2) is 17.8 Å². The molecule has 10 nitrogen and oxygen atoms in total. The topological polar surface area (TPSA) is 121 Å². The molecule has 0 saturated carbocycles. The lowest BCUT2D eigenvalue weighted by Crippen LogP contribution is -2.31. The monoisotopic (exact) mass is 618 g/mol. The summed E-state index contributed by atoms with van der Waals surface area (Å²) >= 11 is 0. The number of rotatable bonds is 16. The first-order chi connectivity index (χ1) is 21.9. The summed E-state index contributed by atoms with van der Waals surface area (Å²) in [6.07, 6.45) is 5.14. The van der Waals surface area contributed by atoms with E-state index in [1.807, 2.05) is 49.4 Å². The van der Waals surface area contributed by atoms with Crippen LogP contribution < -0.4 is 25.4 Å². The van der Waals surface area contributed by atoms with E-state index < -0.39 is 6.29 Å². The van der Waals surface area contributed by atoms with Crippen molar-refractivity contribution in [3.63, 3.8) is 0 Å². The fraction of sp³-hybridized carbons (Fsp3) is 0.429. The zero-order chi connectivity index (χ0) is 31.9. The molecule has 1 heterocycles. The molecular weight excluding hydrogens is 572 g/mol. The van der Waals surface area contributed by atoms with Crippen LogP contribution in [0.3, 0.4) is 0 Å². The van der Waals surface area contributed by atoms with E-state index in [-0.39, 0.29) is 18.4 Å². The number of para-hydroxylation sites is 1. The van der Waals surface area contributed by atoms with E-state index in [1.54, 1.807) is 24.3 Å². The van der Waals surface area contributed by atoms with Crippen LogP contribution in [-0.4, -0.2) is 68.2 Å². The van der Waals surface area contributed by atoms with Gasteiger partial charge in [0.25, 0.3) is 0 Å². The van der Waals surface area contributed by atoms with E-state index in [1.165, 1.54) is 26.4 Å². The molecule has 1 aliphatic rings. The van der Waals surface area contributed by atoms with Gasteiger partial charge in [0, 0.05) is 43.2 Å². The van der Waals surface area contributed by atoms with Crippen LogP contribution in [0.25, 0.3) is 0 Å². The maximum atomic E-state index is 12.9. The van der Waals surface area contributed by atoms with E-state index in [2.05, 4.69) is 20.9 Å². The molecule has 1 aliphatic heterocycles. The molecule has 1 saturated heterocycles. The first kappa shape index (κ1) is 33.8. The highest BCUT2D eigenvalue weighted by Crippen LogP contribution is 2.31. The number of aliphatic hydroxyl groups excluding tert-OH is 1. The van der Waals surface area contributed by atoms with Gasteiger partial charge in [-0.1, -0.05) is 36.8 Å². The van der Waals surface area contributed by atoms with Gasteiger partial charge in [-0.15, -0.1) is 0 Å². The van der Waals surface area contributed by atoms with Crippen molar-refractivity contribution in [2.75, 3.05) is 55.9 Å². The van der Waals surface area contributed by atoms with Crippen molar-refractivity contribution in [3.8, 4) is 11.5 Å². The van der Waals surface area contributed by atoms with Crippen molar-refractivity contribution < 1.29 is 28.9 Å². The van der Waals surface area contributed by atoms with Crippen LogP contribution in [0.4, 0.5) is 21.9 Å². The number of benzene rings is 3. The minimum absolute atomic E-state index is 0.162. The van der Waals surface area contributed by atoms with Crippen LogP contribution in [0.1, 0.15) is 49.7 Å². The highest BCUT2D eigenvalue weighted by Gasteiger charge is 2.13. The SMILES string of the molecule is COC(O)CCCOc1cc(NC(=O)Cc2ccc(NC(=O)Nc3ccccc3C)cc2)ccc1OCCCN1CCCCC1. The lowest BCUT2D eigenvalue weighted by Gasteiger charge is -2.26. The maximum Gasteiger partial charge on any atom is 0.323 e. The van der Waals surface area contributed by atoms with Crippen LogP contribution in [-0.2, 0) is 16.0 Å². The number of hydrogen-bond acceptors (Lipinski definition) is 7. The Morgan fingerprint density at radius 3 is 2.31 bits per heavy atom. The minimum Gasteiger partial charge on any atom is -0.490 e. The number of aliphatic hydroxyl groups is 1. The van der Waals surface area contributed by atoms with Crippen LogP contribution in [0.5, 0.6) is 11.5 Å². The van der Waals surface area contributed by atoms with Crippen LogP contribution in [0.2, 0.25) is 0 Å². The normalized spacial score (nSPS) is 13.9. The number of nitrogens with zero attached hydrogens (tertiary/aromatic N) is 1. The number of piperidine rings is 1. The number of methoxy groups -OCH3 is 1. The maximum absolute atomic E-state index is 12.9. The fourth-order valence-corrected chi connectivity index (χ4v) is 5.12. The quantitative estimate of drug-likeness (QED) is 0.111. The van der Waals surface area contributed by atoms with Gasteiger partial charge in [0.2, 0.25) is 5.91 Å². The standard InChI is InChI=1S/C35H46N4O6/c1-26-10-4-5-11-30(26)38-35(42)37-28-15-13-27(14-16-28)24-33(40)36-29-17-18-31(32(25-29)45-22-8-12-34(41)43-2)44-23-9-21-39-19-6-3-7-20-39/h4-5,10-11,13-18,25,34,41H,3,6-9,12,19-24H2,1-2H3,(H,36,40)(H2,37,38,42). The predicted octanol–water partition coefficient (Wildman–Crippen LogP) is 6.20. The summed E-state index contributed by atoms with van der Waals surface area (Å²) in [4.78, 5) is 27.8. The summed E-state index contributed by atoms with van der Waals surface area (Å²) in [6, 6.07) is 19.8. The van der Waals surface area contributed by atoms with Crippen molar-refractivity contribution in [2.24, 2.45) is 0 Å². The molecule has 1 atom stereocenters. The van der Waals surface area contributed by atoms with E-state index in [0.717, 1.165) is 42.9 Å². The Hall–Kier alpha value is -4.12. The van der Waals surface area contributed by atoms with Crippen molar-refractivity contribution in [1.82, 2.24) is 4.90 Å². The summed E-state index contributed by atoms with van der Waals surface area (Å²) in [6.45, 7) is 6.19. The second-order valence-corrected chi connectivity index (χ2v) is 11.3. The number of carbonyl (C=O) groups excluding carboxylic acids is 2. The third-order valence-electron chi connectivity index (χ3n) is 7.65. The Balaban J connectivity index is 1.29. The minimum atomic E-state index is -0.828. The molecule has 0 bridgehead atoms. The molecule has 4 rings (SSSR count). The Morgan fingerprint density at radius 1 is 0.844 bits per heavy atom. The molecule has 1 fully saturated rings. The number of amides is 3. The van der Waals surface area contributed by atoms with Gasteiger partial charge in [0.1, 0.15) is 0 Å². The van der Waals surface area contributed by atoms with Crippen molar-refractivity contribution in [3.05, 3.63) is 77.9 Å². The molecule has 3 aromatic carbocycles. The van der Waals surface area contributed by atoms with Crippen LogP contribution >= 0.6 is 0 Å². The number of carbonyl (C=O) groups is 2. The van der Waals surface area contributed by atoms with Gasteiger partial charge >= 0.3 is 6.03 Å². The Bertz CT molecular complexity index is 1360. The average Bonchev–Trinajstić information content (AvgIpc) is 3.04. The first-order valence-corrected chi connectivity index (χ1v) is 15.7.